The molecule has 2 heterocycles. The summed E-state index contributed by atoms with van der Waals surface area (Å²) >= 11 is 3.67. The summed E-state index contributed by atoms with van der Waals surface area (Å²) < 4.78 is 2.97. The van der Waals surface area contributed by atoms with Crippen LogP contribution in [0.25, 0.3) is 0 Å². The van der Waals surface area contributed by atoms with E-state index >= 15 is 0 Å². The fourth-order valence-corrected chi connectivity index (χ4v) is 4.41. The van der Waals surface area contributed by atoms with Crippen LogP contribution >= 0.6 is 15.9 Å². The van der Waals surface area contributed by atoms with E-state index < -0.39 is 5.60 Å². The van der Waals surface area contributed by atoms with Crippen molar-refractivity contribution in [2.75, 3.05) is 13.1 Å². The maximum absolute atomic E-state index is 11.2. The van der Waals surface area contributed by atoms with E-state index in [-0.39, 0.29) is 0 Å². The van der Waals surface area contributed by atoms with Gasteiger partial charge in [0.2, 0.25) is 0 Å². The number of hydrogen-bond donors (Lipinski definition) is 1. The van der Waals surface area contributed by atoms with Crippen LogP contribution in [0.2, 0.25) is 0 Å². The van der Waals surface area contributed by atoms with Crippen molar-refractivity contribution in [1.82, 2.24) is 14.7 Å². The zero-order valence-corrected chi connectivity index (χ0v) is 16.1. The molecule has 1 atom stereocenters. The summed E-state index contributed by atoms with van der Waals surface area (Å²) in [4.78, 5) is 2.36. The molecule has 1 aliphatic heterocycles. The highest BCUT2D eigenvalue weighted by atomic mass is 79.9. The lowest BCUT2D eigenvalue weighted by molar-refractivity contribution is -0.0340. The fourth-order valence-electron chi connectivity index (χ4n) is 3.65. The molecule has 3 rings (SSSR count). The van der Waals surface area contributed by atoms with Gasteiger partial charge in [0.05, 0.1) is 21.5 Å². The summed E-state index contributed by atoms with van der Waals surface area (Å²) in [5, 5.41) is 15.8. The molecule has 1 saturated heterocycles. The molecule has 4 nitrogen and oxygen atoms in total. The largest absolute Gasteiger partial charge is 0.388 e. The first-order valence-corrected chi connectivity index (χ1v) is 9.49. The van der Waals surface area contributed by atoms with Crippen LogP contribution in [0.4, 0.5) is 0 Å². The number of benzene rings is 1. The maximum atomic E-state index is 11.2. The normalized spacial score (nSPS) is 22.0. The number of aliphatic hydroxyl groups is 1. The minimum absolute atomic E-state index is 0.641. The first-order chi connectivity index (χ1) is 11.5. The van der Waals surface area contributed by atoms with Gasteiger partial charge in [0.15, 0.2) is 0 Å². The molecule has 0 aliphatic carbocycles. The molecule has 0 saturated carbocycles. The van der Waals surface area contributed by atoms with Crippen molar-refractivity contribution < 1.29 is 5.11 Å². The SMILES string of the molecule is CCc1nn(C)c(CC2(O)CCCN(Cc3ccccc3)C2)c1Br. The zero-order chi connectivity index (χ0) is 17.2. The molecule has 0 bridgehead atoms. The highest BCUT2D eigenvalue weighted by molar-refractivity contribution is 9.10. The Morgan fingerprint density at radius 1 is 1.29 bits per heavy atom. The molecular formula is C19H26BrN3O. The highest BCUT2D eigenvalue weighted by Crippen LogP contribution is 2.30. The fraction of sp³-hybridized carbons (Fsp3) is 0.526. The topological polar surface area (TPSA) is 41.3 Å². The number of nitrogens with zero attached hydrogens (tertiary/aromatic N) is 3. The predicted molar refractivity (Wildman–Crippen MR) is 99.9 cm³/mol. The Morgan fingerprint density at radius 3 is 2.71 bits per heavy atom. The summed E-state index contributed by atoms with van der Waals surface area (Å²) in [6.07, 6.45) is 3.41. The van der Waals surface area contributed by atoms with Gasteiger partial charge in [-0.3, -0.25) is 9.58 Å². The molecule has 1 aromatic heterocycles. The second-order valence-electron chi connectivity index (χ2n) is 6.89. The van der Waals surface area contributed by atoms with Gasteiger partial charge in [-0.2, -0.15) is 5.10 Å². The number of rotatable bonds is 5. The molecule has 1 aliphatic rings. The third-order valence-electron chi connectivity index (χ3n) is 4.88. The molecule has 0 radical (unpaired) electrons. The monoisotopic (exact) mass is 391 g/mol. The Morgan fingerprint density at radius 2 is 2.04 bits per heavy atom. The molecule has 5 heteroatoms. The van der Waals surface area contributed by atoms with Crippen LogP contribution in [-0.4, -0.2) is 38.5 Å². The van der Waals surface area contributed by atoms with Crippen molar-refractivity contribution in [3.05, 3.63) is 51.8 Å². The Kier molecular flexibility index (Phi) is 5.42. The number of hydrogen-bond acceptors (Lipinski definition) is 3. The van der Waals surface area contributed by atoms with Crippen molar-refractivity contribution in [1.29, 1.82) is 0 Å². The first-order valence-electron chi connectivity index (χ1n) is 8.69. The molecule has 1 N–H and O–H groups in total. The van der Waals surface area contributed by atoms with Crippen LogP contribution in [0.5, 0.6) is 0 Å². The van der Waals surface area contributed by atoms with E-state index in [0.29, 0.717) is 13.0 Å². The number of aryl methyl sites for hydroxylation is 2. The number of β-amino-alcohol motifs (C(OH)–C–C–N with tert-alkyl or cyclic N) is 1. The van der Waals surface area contributed by atoms with Crippen LogP contribution < -0.4 is 0 Å². The smallest absolute Gasteiger partial charge is 0.0830 e. The van der Waals surface area contributed by atoms with Crippen molar-refractivity contribution >= 4 is 15.9 Å². The van der Waals surface area contributed by atoms with Gasteiger partial charge in [0.25, 0.3) is 0 Å². The van der Waals surface area contributed by atoms with Gasteiger partial charge in [0, 0.05) is 26.6 Å². The van der Waals surface area contributed by atoms with Crippen molar-refractivity contribution in [2.24, 2.45) is 7.05 Å². The number of piperidine rings is 1. The molecule has 2 aromatic rings. The van der Waals surface area contributed by atoms with Crippen molar-refractivity contribution in [2.45, 2.75) is 44.8 Å². The van der Waals surface area contributed by atoms with Gasteiger partial charge in [-0.15, -0.1) is 0 Å². The van der Waals surface area contributed by atoms with Gasteiger partial charge in [0.1, 0.15) is 0 Å². The molecule has 1 aromatic carbocycles. The Balaban J connectivity index is 1.72. The van der Waals surface area contributed by atoms with Crippen LogP contribution in [-0.2, 0) is 26.4 Å². The van der Waals surface area contributed by atoms with E-state index in [1.54, 1.807) is 0 Å². The molecular weight excluding hydrogens is 366 g/mol. The van der Waals surface area contributed by atoms with Gasteiger partial charge < -0.3 is 5.11 Å². The second-order valence-corrected chi connectivity index (χ2v) is 7.68. The van der Waals surface area contributed by atoms with Crippen LogP contribution in [0.1, 0.15) is 36.7 Å². The van der Waals surface area contributed by atoms with Gasteiger partial charge in [-0.05, 0) is 47.3 Å². The van der Waals surface area contributed by atoms with E-state index in [2.05, 4.69) is 57.1 Å². The summed E-state index contributed by atoms with van der Waals surface area (Å²) in [5.74, 6) is 0. The lowest BCUT2D eigenvalue weighted by atomic mass is 9.88. The lowest BCUT2D eigenvalue weighted by Gasteiger charge is -2.39. The van der Waals surface area contributed by atoms with E-state index in [4.69, 9.17) is 0 Å². The summed E-state index contributed by atoms with van der Waals surface area (Å²) in [6.45, 7) is 4.76. The number of halogens is 1. The quantitative estimate of drug-likeness (QED) is 0.849. The molecule has 1 fully saturated rings. The predicted octanol–water partition coefficient (Wildman–Crippen LogP) is 3.31. The minimum Gasteiger partial charge on any atom is -0.388 e. The molecule has 0 spiro atoms. The van der Waals surface area contributed by atoms with Crippen LogP contribution in [0.3, 0.4) is 0 Å². The second kappa shape index (κ2) is 7.38. The molecule has 130 valence electrons. The van der Waals surface area contributed by atoms with Crippen LogP contribution in [0.15, 0.2) is 34.8 Å². The van der Waals surface area contributed by atoms with E-state index in [1.165, 1.54) is 5.56 Å². The number of aromatic nitrogens is 2. The van der Waals surface area contributed by atoms with Crippen molar-refractivity contribution in [3.8, 4) is 0 Å². The molecule has 0 amide bonds. The summed E-state index contributed by atoms with van der Waals surface area (Å²) in [5.41, 5.74) is 2.77. The summed E-state index contributed by atoms with van der Waals surface area (Å²) in [7, 11) is 1.97. The van der Waals surface area contributed by atoms with E-state index in [9.17, 15) is 5.11 Å². The van der Waals surface area contributed by atoms with E-state index in [0.717, 1.165) is 48.2 Å². The average molecular weight is 392 g/mol. The zero-order valence-electron chi connectivity index (χ0n) is 14.5. The Bertz CT molecular complexity index is 685. The molecule has 24 heavy (non-hydrogen) atoms. The highest BCUT2D eigenvalue weighted by Gasteiger charge is 2.35. The third-order valence-corrected chi connectivity index (χ3v) is 5.80. The van der Waals surface area contributed by atoms with E-state index in [1.807, 2.05) is 17.8 Å². The third kappa shape index (κ3) is 3.90. The van der Waals surface area contributed by atoms with Gasteiger partial charge >= 0.3 is 0 Å². The standard InChI is InChI=1S/C19H26BrN3O/c1-3-16-18(20)17(22(2)21-16)12-19(24)10-7-11-23(14-19)13-15-8-5-4-6-9-15/h4-6,8-9,24H,3,7,10-14H2,1-2H3. The van der Waals surface area contributed by atoms with Gasteiger partial charge in [-0.25, -0.2) is 0 Å². The van der Waals surface area contributed by atoms with Crippen LogP contribution in [0, 0.1) is 0 Å². The van der Waals surface area contributed by atoms with Gasteiger partial charge in [-0.1, -0.05) is 37.3 Å². The maximum Gasteiger partial charge on any atom is 0.0830 e. The Hall–Kier alpha value is -1.17. The number of likely N-dealkylation sites (tertiary alicyclic amines) is 1. The lowest BCUT2D eigenvalue weighted by Crippen LogP contribution is -2.49. The Labute approximate surface area is 152 Å². The molecule has 1 unspecified atom stereocenters. The van der Waals surface area contributed by atoms with Crippen molar-refractivity contribution in [3.63, 3.8) is 0 Å². The average Bonchev–Trinajstić information content (AvgIpc) is 2.83. The minimum atomic E-state index is -0.686. The first kappa shape index (κ1) is 17.6. The summed E-state index contributed by atoms with van der Waals surface area (Å²) in [6, 6.07) is 10.5.